The second-order valence-electron chi connectivity index (χ2n) is 3.54. The summed E-state index contributed by atoms with van der Waals surface area (Å²) in [6, 6.07) is 2.04. The van der Waals surface area contributed by atoms with Gasteiger partial charge in [0.15, 0.2) is 0 Å². The highest BCUT2D eigenvalue weighted by Crippen LogP contribution is 2.36. The summed E-state index contributed by atoms with van der Waals surface area (Å²) in [7, 11) is 0. The molecule has 2 rings (SSSR count). The summed E-state index contributed by atoms with van der Waals surface area (Å²) < 4.78 is 2.16. The Hall–Kier alpha value is -0.610. The van der Waals surface area contributed by atoms with E-state index < -0.39 is 0 Å². The topological polar surface area (TPSA) is 38.9 Å². The summed E-state index contributed by atoms with van der Waals surface area (Å²) in [6.45, 7) is 4.27. The van der Waals surface area contributed by atoms with Crippen LogP contribution in [-0.2, 0) is 0 Å². The molecule has 0 unspecified atom stereocenters. The average molecular weight is 271 g/mol. The lowest BCUT2D eigenvalue weighted by atomic mass is 10.0. The minimum atomic E-state index is 0.400. The molecule has 1 heterocycles. The maximum Gasteiger partial charge on any atom is 0.0867 e. The summed E-state index contributed by atoms with van der Waals surface area (Å²) in [5.74, 6) is 0.400. The van der Waals surface area contributed by atoms with E-state index in [1.807, 2.05) is 11.6 Å². The largest absolute Gasteiger partial charge is 0.398 e. The predicted octanol–water partition coefficient (Wildman–Crippen LogP) is 3.76. The number of rotatable bonds is 1. The summed E-state index contributed by atoms with van der Waals surface area (Å²) in [4.78, 5) is 4.36. The first-order valence-electron chi connectivity index (χ1n) is 4.42. The molecule has 4 heteroatoms. The van der Waals surface area contributed by atoms with E-state index in [4.69, 9.17) is 5.73 Å². The molecule has 0 fully saturated rings. The quantitative estimate of drug-likeness (QED) is 0.802. The predicted molar refractivity (Wildman–Crippen MR) is 65.8 cm³/mol. The van der Waals surface area contributed by atoms with Gasteiger partial charge in [-0.05, 0) is 27.9 Å². The number of fused-ring (bicyclic) bond motifs is 1. The molecule has 0 aliphatic heterocycles. The van der Waals surface area contributed by atoms with Gasteiger partial charge in [-0.1, -0.05) is 13.8 Å². The van der Waals surface area contributed by atoms with E-state index >= 15 is 0 Å². The van der Waals surface area contributed by atoms with Gasteiger partial charge >= 0.3 is 0 Å². The first-order chi connectivity index (χ1) is 6.61. The average Bonchev–Trinajstić information content (AvgIpc) is 2.52. The van der Waals surface area contributed by atoms with Crippen molar-refractivity contribution in [3.63, 3.8) is 0 Å². The minimum absolute atomic E-state index is 0.400. The van der Waals surface area contributed by atoms with Crippen LogP contribution in [-0.4, -0.2) is 4.98 Å². The molecule has 0 spiro atoms. The first kappa shape index (κ1) is 9.93. The van der Waals surface area contributed by atoms with Crippen LogP contribution in [0.5, 0.6) is 0 Å². The second kappa shape index (κ2) is 3.51. The van der Waals surface area contributed by atoms with Gasteiger partial charge in [-0.2, -0.15) is 0 Å². The van der Waals surface area contributed by atoms with Crippen LogP contribution in [0, 0.1) is 0 Å². The molecular formula is C10H11BrN2S. The second-order valence-corrected chi connectivity index (χ2v) is 5.28. The number of benzene rings is 1. The van der Waals surface area contributed by atoms with Crippen molar-refractivity contribution in [3.05, 3.63) is 21.6 Å². The molecule has 14 heavy (non-hydrogen) atoms. The number of anilines is 1. The third kappa shape index (κ3) is 1.42. The molecule has 1 aromatic heterocycles. The van der Waals surface area contributed by atoms with Gasteiger partial charge in [0.1, 0.15) is 0 Å². The fourth-order valence-electron chi connectivity index (χ4n) is 1.59. The maximum absolute atomic E-state index is 6.03. The summed E-state index contributed by atoms with van der Waals surface area (Å²) >= 11 is 5.12. The van der Waals surface area contributed by atoms with E-state index in [-0.39, 0.29) is 0 Å². The molecule has 0 saturated carbocycles. The zero-order valence-electron chi connectivity index (χ0n) is 8.04. The number of thiazole rings is 1. The van der Waals surface area contributed by atoms with Crippen LogP contribution in [0.1, 0.15) is 25.3 Å². The van der Waals surface area contributed by atoms with Gasteiger partial charge in [0.2, 0.25) is 0 Å². The van der Waals surface area contributed by atoms with Crippen LogP contribution in [0.15, 0.2) is 16.0 Å². The number of nitrogen functional groups attached to an aromatic ring is 1. The van der Waals surface area contributed by atoms with Gasteiger partial charge in [-0.25, -0.2) is 4.98 Å². The van der Waals surface area contributed by atoms with Gasteiger partial charge in [0.05, 0.1) is 21.4 Å². The van der Waals surface area contributed by atoms with Crippen molar-refractivity contribution in [2.45, 2.75) is 19.8 Å². The Bertz CT molecular complexity index is 476. The third-order valence-electron chi connectivity index (χ3n) is 2.23. The molecule has 74 valence electrons. The van der Waals surface area contributed by atoms with Crippen LogP contribution >= 0.6 is 27.3 Å². The Balaban J connectivity index is 2.86. The molecule has 0 aliphatic carbocycles. The van der Waals surface area contributed by atoms with E-state index in [9.17, 15) is 0 Å². The monoisotopic (exact) mass is 270 g/mol. The molecule has 1 aromatic carbocycles. The number of nitrogens with two attached hydrogens (primary N) is 1. The zero-order valence-corrected chi connectivity index (χ0v) is 10.4. The number of halogens is 1. The lowest BCUT2D eigenvalue weighted by Gasteiger charge is -2.11. The maximum atomic E-state index is 6.03. The van der Waals surface area contributed by atoms with Crippen molar-refractivity contribution in [1.29, 1.82) is 0 Å². The SMILES string of the molecule is CC(C)c1c(N)c(Br)cc2scnc12. The minimum Gasteiger partial charge on any atom is -0.398 e. The van der Waals surface area contributed by atoms with Crippen LogP contribution < -0.4 is 5.73 Å². The summed E-state index contributed by atoms with van der Waals surface area (Å²) in [6.07, 6.45) is 0. The van der Waals surface area contributed by atoms with Crippen LogP contribution in [0.4, 0.5) is 5.69 Å². The van der Waals surface area contributed by atoms with Gasteiger partial charge in [-0.3, -0.25) is 0 Å². The lowest BCUT2D eigenvalue weighted by Crippen LogP contribution is -1.98. The number of nitrogens with zero attached hydrogens (tertiary/aromatic N) is 1. The fraction of sp³-hybridized carbons (Fsp3) is 0.300. The lowest BCUT2D eigenvalue weighted by molar-refractivity contribution is 0.876. The molecule has 0 saturated heterocycles. The number of hydrogen-bond acceptors (Lipinski definition) is 3. The van der Waals surface area contributed by atoms with Crippen molar-refractivity contribution in [2.75, 3.05) is 5.73 Å². The molecule has 0 radical (unpaired) electrons. The highest BCUT2D eigenvalue weighted by atomic mass is 79.9. The van der Waals surface area contributed by atoms with Crippen molar-refractivity contribution < 1.29 is 0 Å². The molecule has 2 aromatic rings. The highest BCUT2D eigenvalue weighted by molar-refractivity contribution is 9.10. The molecule has 0 aliphatic rings. The van der Waals surface area contributed by atoms with Gasteiger partial charge in [0, 0.05) is 10.0 Å². The molecule has 0 amide bonds. The smallest absolute Gasteiger partial charge is 0.0867 e. The van der Waals surface area contributed by atoms with Crippen molar-refractivity contribution in [1.82, 2.24) is 4.98 Å². The molecule has 0 atom stereocenters. The van der Waals surface area contributed by atoms with E-state index in [0.717, 1.165) is 21.2 Å². The van der Waals surface area contributed by atoms with E-state index in [1.54, 1.807) is 11.3 Å². The van der Waals surface area contributed by atoms with Crippen LogP contribution in [0.25, 0.3) is 10.2 Å². The molecule has 2 nitrogen and oxygen atoms in total. The van der Waals surface area contributed by atoms with Crippen LogP contribution in [0.2, 0.25) is 0 Å². The number of hydrogen-bond donors (Lipinski definition) is 1. The van der Waals surface area contributed by atoms with Gasteiger partial charge in [0.25, 0.3) is 0 Å². The molecular weight excluding hydrogens is 260 g/mol. The van der Waals surface area contributed by atoms with Crippen LogP contribution in [0.3, 0.4) is 0 Å². The van der Waals surface area contributed by atoms with Gasteiger partial charge in [-0.15, -0.1) is 11.3 Å². The number of aromatic nitrogens is 1. The van der Waals surface area contributed by atoms with E-state index in [1.165, 1.54) is 4.70 Å². The zero-order chi connectivity index (χ0) is 10.3. The molecule has 0 bridgehead atoms. The molecule has 2 N–H and O–H groups in total. The Labute approximate surface area is 95.3 Å². The summed E-state index contributed by atoms with van der Waals surface area (Å²) in [5.41, 5.74) is 10.9. The van der Waals surface area contributed by atoms with Crippen molar-refractivity contribution in [3.8, 4) is 0 Å². The van der Waals surface area contributed by atoms with Crippen molar-refractivity contribution >= 4 is 43.2 Å². The van der Waals surface area contributed by atoms with E-state index in [0.29, 0.717) is 5.92 Å². The Kier molecular flexibility index (Phi) is 2.49. The fourth-order valence-corrected chi connectivity index (χ4v) is 2.92. The first-order valence-corrected chi connectivity index (χ1v) is 6.09. The highest BCUT2D eigenvalue weighted by Gasteiger charge is 2.14. The third-order valence-corrected chi connectivity index (χ3v) is 3.66. The Morgan fingerprint density at radius 1 is 1.50 bits per heavy atom. The standard InChI is InChI=1S/C10H11BrN2S/c1-5(2)8-9(12)6(11)3-7-10(8)13-4-14-7/h3-5H,12H2,1-2H3. The van der Waals surface area contributed by atoms with Gasteiger partial charge < -0.3 is 5.73 Å². The Morgan fingerprint density at radius 3 is 2.86 bits per heavy atom. The normalized spacial score (nSPS) is 11.4. The Morgan fingerprint density at radius 2 is 2.21 bits per heavy atom. The van der Waals surface area contributed by atoms with Crippen molar-refractivity contribution in [2.24, 2.45) is 0 Å². The van der Waals surface area contributed by atoms with E-state index in [2.05, 4.69) is 34.8 Å². The summed E-state index contributed by atoms with van der Waals surface area (Å²) in [5, 5.41) is 0.